The van der Waals surface area contributed by atoms with Gasteiger partial charge in [0, 0.05) is 13.1 Å². The zero-order chi connectivity index (χ0) is 13.0. The topological polar surface area (TPSA) is 53.0 Å². The van der Waals surface area contributed by atoms with Gasteiger partial charge in [0.05, 0.1) is 11.3 Å². The van der Waals surface area contributed by atoms with Gasteiger partial charge in [0.2, 0.25) is 0 Å². The van der Waals surface area contributed by atoms with Crippen LogP contribution in [0.5, 0.6) is 0 Å². The number of nitriles is 1. The van der Waals surface area contributed by atoms with Gasteiger partial charge in [-0.2, -0.15) is 5.26 Å². The highest BCUT2D eigenvalue weighted by Crippen LogP contribution is 2.27. The summed E-state index contributed by atoms with van der Waals surface area (Å²) >= 11 is 0. The zero-order valence-corrected chi connectivity index (χ0v) is 10.4. The number of halogens is 1. The van der Waals surface area contributed by atoms with Gasteiger partial charge < -0.3 is 10.6 Å². The van der Waals surface area contributed by atoms with E-state index in [1.807, 2.05) is 0 Å². The molecule has 0 spiro atoms. The Morgan fingerprint density at radius 1 is 1.50 bits per heavy atom. The second kappa shape index (κ2) is 5.83. The van der Waals surface area contributed by atoms with Crippen molar-refractivity contribution in [2.75, 3.05) is 24.5 Å². The lowest BCUT2D eigenvalue weighted by Gasteiger charge is -2.34. The van der Waals surface area contributed by atoms with Gasteiger partial charge in [0.1, 0.15) is 11.9 Å². The van der Waals surface area contributed by atoms with E-state index in [0.717, 1.165) is 31.6 Å². The van der Waals surface area contributed by atoms with Crippen LogP contribution < -0.4 is 10.6 Å². The number of benzene rings is 1. The van der Waals surface area contributed by atoms with Crippen LogP contribution in [0.2, 0.25) is 0 Å². The second-order valence-electron chi connectivity index (χ2n) is 4.80. The summed E-state index contributed by atoms with van der Waals surface area (Å²) in [6, 6.07) is 6.51. The smallest absolute Gasteiger partial charge is 0.124 e. The summed E-state index contributed by atoms with van der Waals surface area (Å²) in [5.74, 6) is 0.228. The highest BCUT2D eigenvalue weighted by atomic mass is 19.1. The normalized spacial score (nSPS) is 19.6. The van der Waals surface area contributed by atoms with Crippen LogP contribution in [0.3, 0.4) is 0 Å². The van der Waals surface area contributed by atoms with E-state index in [2.05, 4.69) is 11.0 Å². The second-order valence-corrected chi connectivity index (χ2v) is 4.80. The van der Waals surface area contributed by atoms with Crippen molar-refractivity contribution in [3.05, 3.63) is 29.6 Å². The van der Waals surface area contributed by atoms with Crippen molar-refractivity contribution >= 4 is 5.69 Å². The molecule has 2 N–H and O–H groups in total. The van der Waals surface area contributed by atoms with Crippen LogP contribution in [0.1, 0.15) is 24.8 Å². The van der Waals surface area contributed by atoms with Gasteiger partial charge in [0.15, 0.2) is 0 Å². The molecule has 0 aliphatic carbocycles. The summed E-state index contributed by atoms with van der Waals surface area (Å²) in [5, 5.41) is 9.08. The SMILES string of the molecule is N#Cc1cc(F)ccc1N1CCCC(CCN)C1. The van der Waals surface area contributed by atoms with Crippen LogP contribution in [0.25, 0.3) is 0 Å². The van der Waals surface area contributed by atoms with E-state index in [1.165, 1.54) is 18.6 Å². The fourth-order valence-corrected chi connectivity index (χ4v) is 2.63. The van der Waals surface area contributed by atoms with Crippen molar-refractivity contribution in [1.29, 1.82) is 5.26 Å². The van der Waals surface area contributed by atoms with E-state index in [0.29, 0.717) is 18.0 Å². The van der Waals surface area contributed by atoms with Crippen molar-refractivity contribution < 1.29 is 4.39 Å². The summed E-state index contributed by atoms with van der Waals surface area (Å²) in [5.41, 5.74) is 6.87. The lowest BCUT2D eigenvalue weighted by Crippen LogP contribution is -2.36. The standard InChI is InChI=1S/C14H18FN3/c15-13-3-4-14(12(8-13)9-17)18-7-1-2-11(10-18)5-6-16/h3-4,8,11H,1-2,5-7,10,16H2. The molecule has 0 amide bonds. The first kappa shape index (κ1) is 12.8. The van der Waals surface area contributed by atoms with E-state index in [1.54, 1.807) is 6.07 Å². The summed E-state index contributed by atoms with van der Waals surface area (Å²) in [6.45, 7) is 2.55. The molecular formula is C14H18FN3. The number of nitrogens with zero attached hydrogens (tertiary/aromatic N) is 2. The molecule has 18 heavy (non-hydrogen) atoms. The summed E-state index contributed by atoms with van der Waals surface area (Å²) < 4.78 is 13.1. The molecule has 96 valence electrons. The molecule has 0 bridgehead atoms. The van der Waals surface area contributed by atoms with Crippen molar-refractivity contribution in [2.24, 2.45) is 11.7 Å². The van der Waals surface area contributed by atoms with E-state index in [9.17, 15) is 4.39 Å². The van der Waals surface area contributed by atoms with Gasteiger partial charge in [-0.3, -0.25) is 0 Å². The number of hydrogen-bond donors (Lipinski definition) is 1. The molecule has 1 aromatic rings. The van der Waals surface area contributed by atoms with E-state index in [4.69, 9.17) is 11.0 Å². The first-order chi connectivity index (χ1) is 8.74. The first-order valence-electron chi connectivity index (χ1n) is 6.39. The average molecular weight is 247 g/mol. The number of piperidine rings is 1. The van der Waals surface area contributed by atoms with Crippen LogP contribution in [-0.4, -0.2) is 19.6 Å². The maximum atomic E-state index is 13.1. The predicted molar refractivity (Wildman–Crippen MR) is 69.7 cm³/mol. The van der Waals surface area contributed by atoms with Gasteiger partial charge in [-0.25, -0.2) is 4.39 Å². The minimum atomic E-state index is -0.356. The lowest BCUT2D eigenvalue weighted by atomic mass is 9.94. The minimum absolute atomic E-state index is 0.356. The third kappa shape index (κ3) is 2.80. The molecule has 4 heteroatoms. The molecule has 1 fully saturated rings. The maximum absolute atomic E-state index is 13.1. The number of rotatable bonds is 3. The molecule has 2 rings (SSSR count). The molecule has 0 radical (unpaired) electrons. The van der Waals surface area contributed by atoms with Crippen LogP contribution >= 0.6 is 0 Å². The van der Waals surface area contributed by atoms with Gasteiger partial charge in [-0.05, 0) is 49.9 Å². The van der Waals surface area contributed by atoms with Gasteiger partial charge in [-0.1, -0.05) is 0 Å². The van der Waals surface area contributed by atoms with Gasteiger partial charge >= 0.3 is 0 Å². The Hall–Kier alpha value is -1.60. The molecule has 3 nitrogen and oxygen atoms in total. The quantitative estimate of drug-likeness (QED) is 0.891. The molecule has 1 atom stereocenters. The molecule has 1 heterocycles. The van der Waals surface area contributed by atoms with Gasteiger partial charge in [0.25, 0.3) is 0 Å². The Balaban J connectivity index is 2.18. The van der Waals surface area contributed by atoms with Crippen LogP contribution in [0.15, 0.2) is 18.2 Å². The number of hydrogen-bond acceptors (Lipinski definition) is 3. The fraction of sp³-hybridized carbons (Fsp3) is 0.500. The Morgan fingerprint density at radius 3 is 3.06 bits per heavy atom. The Kier molecular flexibility index (Phi) is 4.16. The summed E-state index contributed by atoms with van der Waals surface area (Å²) in [7, 11) is 0. The van der Waals surface area contributed by atoms with Crippen LogP contribution in [-0.2, 0) is 0 Å². The van der Waals surface area contributed by atoms with Crippen molar-refractivity contribution in [3.63, 3.8) is 0 Å². The summed E-state index contributed by atoms with van der Waals surface area (Å²) in [6.07, 6.45) is 3.31. The third-order valence-corrected chi connectivity index (χ3v) is 3.51. The zero-order valence-electron chi connectivity index (χ0n) is 10.4. The first-order valence-corrected chi connectivity index (χ1v) is 6.39. The molecular weight excluding hydrogens is 229 g/mol. The Bertz CT molecular complexity index is 451. The van der Waals surface area contributed by atoms with Crippen molar-refractivity contribution in [2.45, 2.75) is 19.3 Å². The minimum Gasteiger partial charge on any atom is -0.370 e. The molecule has 0 saturated carbocycles. The molecule has 1 aliphatic heterocycles. The highest BCUT2D eigenvalue weighted by Gasteiger charge is 2.21. The lowest BCUT2D eigenvalue weighted by molar-refractivity contribution is 0.396. The molecule has 1 saturated heterocycles. The van der Waals surface area contributed by atoms with E-state index in [-0.39, 0.29) is 5.82 Å². The highest BCUT2D eigenvalue weighted by molar-refractivity contribution is 5.59. The Labute approximate surface area is 107 Å². The molecule has 1 aromatic carbocycles. The van der Waals surface area contributed by atoms with Crippen molar-refractivity contribution in [3.8, 4) is 6.07 Å². The predicted octanol–water partition coefficient (Wildman–Crippen LogP) is 2.26. The number of anilines is 1. The van der Waals surface area contributed by atoms with E-state index < -0.39 is 0 Å². The largest absolute Gasteiger partial charge is 0.370 e. The van der Waals surface area contributed by atoms with Gasteiger partial charge in [-0.15, -0.1) is 0 Å². The molecule has 1 unspecified atom stereocenters. The fourth-order valence-electron chi connectivity index (χ4n) is 2.63. The van der Waals surface area contributed by atoms with Crippen LogP contribution in [0.4, 0.5) is 10.1 Å². The monoisotopic (exact) mass is 247 g/mol. The van der Waals surface area contributed by atoms with Crippen LogP contribution in [0, 0.1) is 23.1 Å². The third-order valence-electron chi connectivity index (χ3n) is 3.51. The molecule has 0 aromatic heterocycles. The van der Waals surface area contributed by atoms with E-state index >= 15 is 0 Å². The maximum Gasteiger partial charge on any atom is 0.124 e. The number of nitrogens with two attached hydrogens (primary N) is 1. The summed E-state index contributed by atoms with van der Waals surface area (Å²) in [4.78, 5) is 2.18. The average Bonchev–Trinajstić information content (AvgIpc) is 2.39. The Morgan fingerprint density at radius 2 is 2.33 bits per heavy atom. The molecule has 1 aliphatic rings. The van der Waals surface area contributed by atoms with Crippen molar-refractivity contribution in [1.82, 2.24) is 0 Å².